The van der Waals surface area contributed by atoms with Crippen LogP contribution in [0, 0.1) is 0 Å². The third-order valence-corrected chi connectivity index (χ3v) is 5.59. The van der Waals surface area contributed by atoms with E-state index in [2.05, 4.69) is 24.9 Å². The number of H-pyrrole nitrogens is 2. The molecule has 0 aliphatic heterocycles. The minimum atomic E-state index is -3.99. The first kappa shape index (κ1) is 20.0. The first-order chi connectivity index (χ1) is 14.4. The van der Waals surface area contributed by atoms with Crippen LogP contribution in [0.1, 0.15) is 13.3 Å². The predicted octanol–water partition coefficient (Wildman–Crippen LogP) is 3.09. The van der Waals surface area contributed by atoms with Gasteiger partial charge in [-0.3, -0.25) is 9.78 Å². The first-order valence-corrected chi connectivity index (χ1v) is 11.3. The van der Waals surface area contributed by atoms with Crippen LogP contribution in [0.3, 0.4) is 0 Å². The number of rotatable bonds is 6. The van der Waals surface area contributed by atoms with Gasteiger partial charge in [0.05, 0.1) is 17.1 Å². The topological polar surface area (TPSA) is 131 Å². The Morgan fingerprint density at radius 3 is 2.67 bits per heavy atom. The Kier molecular flexibility index (Phi) is 5.27. The summed E-state index contributed by atoms with van der Waals surface area (Å²) < 4.78 is 29.3. The lowest BCUT2D eigenvalue weighted by atomic mass is 10.2. The summed E-state index contributed by atoms with van der Waals surface area (Å²) in [7, 11) is 1.50. The number of halogens is 1. The van der Waals surface area contributed by atoms with Crippen molar-refractivity contribution >= 4 is 30.9 Å². The molecule has 154 valence electrons. The number of benzene rings is 1. The van der Waals surface area contributed by atoms with E-state index >= 15 is 0 Å². The largest absolute Gasteiger partial charge is 0.493 e. The molecule has 0 unspecified atom stereocenters. The van der Waals surface area contributed by atoms with E-state index in [-0.39, 0.29) is 21.9 Å². The fraction of sp³-hybridized carbons (Fsp3) is 0.158. The summed E-state index contributed by atoms with van der Waals surface area (Å²) in [6, 6.07) is 7.69. The molecular weight excluding hydrogens is 430 g/mol. The highest BCUT2D eigenvalue weighted by Crippen LogP contribution is 2.32. The van der Waals surface area contributed by atoms with E-state index in [0.29, 0.717) is 29.3 Å². The molecule has 0 amide bonds. The Morgan fingerprint density at radius 1 is 1.13 bits per heavy atom. The van der Waals surface area contributed by atoms with Crippen molar-refractivity contribution in [3.05, 3.63) is 53.1 Å². The van der Waals surface area contributed by atoms with Gasteiger partial charge in [-0.2, -0.15) is 0 Å². The summed E-state index contributed by atoms with van der Waals surface area (Å²) in [6.07, 6.45) is 3.98. The number of nitrogens with one attached hydrogen (secondary N) is 2. The Bertz CT molecular complexity index is 1380. The molecule has 11 heteroatoms. The van der Waals surface area contributed by atoms with E-state index in [1.54, 1.807) is 24.5 Å². The fourth-order valence-electron chi connectivity index (χ4n) is 2.86. The lowest BCUT2D eigenvalue weighted by Crippen LogP contribution is -2.10. The molecule has 0 aliphatic carbocycles. The first-order valence-electron chi connectivity index (χ1n) is 8.99. The summed E-state index contributed by atoms with van der Waals surface area (Å²) in [6.45, 7) is 2.34. The molecule has 0 aliphatic rings. The molecule has 0 fully saturated rings. The molecule has 0 radical (unpaired) electrons. The van der Waals surface area contributed by atoms with Crippen LogP contribution < -0.4 is 10.3 Å². The Morgan fingerprint density at radius 2 is 1.97 bits per heavy atom. The number of ether oxygens (including phenoxy) is 1. The highest BCUT2D eigenvalue weighted by atomic mass is 35.7. The smallest absolute Gasteiger partial charge is 0.279 e. The Hall–Kier alpha value is -3.24. The number of hydrogen-bond donors (Lipinski definition) is 2. The van der Waals surface area contributed by atoms with Crippen LogP contribution in [0.5, 0.6) is 5.75 Å². The maximum Gasteiger partial charge on any atom is 0.279 e. The standard InChI is InChI=1S/C19H16ClN5O4S/c1-2-8-29-14-6-5-12(30(20,27)28)9-13(14)17-24-18-15(19(26)25-17)22-16(23-18)11-4-3-7-21-10-11/h3-7,9-10H,2,8H2,1H3,(H2,22,23,24,25,26). The number of nitrogens with zero attached hydrogens (tertiary/aromatic N) is 3. The van der Waals surface area contributed by atoms with Gasteiger partial charge in [0.25, 0.3) is 14.6 Å². The minimum Gasteiger partial charge on any atom is -0.493 e. The monoisotopic (exact) mass is 445 g/mol. The van der Waals surface area contributed by atoms with Crippen molar-refractivity contribution in [2.75, 3.05) is 6.61 Å². The molecule has 4 aromatic rings. The van der Waals surface area contributed by atoms with Crippen molar-refractivity contribution in [2.24, 2.45) is 0 Å². The average molecular weight is 446 g/mol. The summed E-state index contributed by atoms with van der Waals surface area (Å²) in [5.74, 6) is 0.936. The SMILES string of the molecule is CCCOc1ccc(S(=O)(=O)Cl)cc1-c1nc2[nH]c(-c3cccnc3)nc2c(=O)[nH]1. The van der Waals surface area contributed by atoms with Gasteiger partial charge in [0, 0.05) is 28.6 Å². The van der Waals surface area contributed by atoms with Gasteiger partial charge < -0.3 is 14.7 Å². The number of aromatic nitrogens is 5. The van der Waals surface area contributed by atoms with Gasteiger partial charge in [-0.1, -0.05) is 6.92 Å². The summed E-state index contributed by atoms with van der Waals surface area (Å²) in [5, 5.41) is 0. The second-order valence-electron chi connectivity index (χ2n) is 6.38. The third-order valence-electron chi connectivity index (χ3n) is 4.24. The Balaban J connectivity index is 1.89. The van der Waals surface area contributed by atoms with Gasteiger partial charge in [-0.05, 0) is 36.8 Å². The number of hydrogen-bond acceptors (Lipinski definition) is 7. The van der Waals surface area contributed by atoms with Crippen LogP contribution in [0.25, 0.3) is 33.9 Å². The molecule has 0 bridgehead atoms. The molecule has 0 saturated heterocycles. The van der Waals surface area contributed by atoms with Gasteiger partial charge >= 0.3 is 0 Å². The highest BCUT2D eigenvalue weighted by molar-refractivity contribution is 8.13. The fourth-order valence-corrected chi connectivity index (χ4v) is 3.64. The second kappa shape index (κ2) is 7.88. The van der Waals surface area contributed by atoms with Crippen molar-refractivity contribution in [1.29, 1.82) is 0 Å². The van der Waals surface area contributed by atoms with Gasteiger partial charge in [0.15, 0.2) is 11.2 Å². The molecule has 0 atom stereocenters. The van der Waals surface area contributed by atoms with Crippen LogP contribution in [0.4, 0.5) is 0 Å². The van der Waals surface area contributed by atoms with Crippen molar-refractivity contribution in [2.45, 2.75) is 18.2 Å². The van der Waals surface area contributed by atoms with E-state index in [0.717, 1.165) is 6.42 Å². The normalized spacial score (nSPS) is 11.7. The minimum absolute atomic E-state index is 0.120. The van der Waals surface area contributed by atoms with Crippen molar-refractivity contribution < 1.29 is 13.2 Å². The highest BCUT2D eigenvalue weighted by Gasteiger charge is 2.19. The number of fused-ring (bicyclic) bond motifs is 1. The number of imidazole rings is 1. The van der Waals surface area contributed by atoms with Crippen LogP contribution in [-0.4, -0.2) is 39.9 Å². The molecule has 1 aromatic carbocycles. The molecule has 0 saturated carbocycles. The molecule has 3 heterocycles. The summed E-state index contributed by atoms with van der Waals surface area (Å²) in [4.78, 5) is 30.9. The third kappa shape index (κ3) is 3.91. The quantitative estimate of drug-likeness (QED) is 0.436. The lowest BCUT2D eigenvalue weighted by molar-refractivity contribution is 0.318. The van der Waals surface area contributed by atoms with Crippen molar-refractivity contribution in [1.82, 2.24) is 24.9 Å². The van der Waals surface area contributed by atoms with Crippen LogP contribution >= 0.6 is 10.7 Å². The summed E-state index contributed by atoms with van der Waals surface area (Å²) in [5.41, 5.74) is 0.866. The van der Waals surface area contributed by atoms with E-state index in [1.165, 1.54) is 18.2 Å². The molecule has 30 heavy (non-hydrogen) atoms. The van der Waals surface area contributed by atoms with Crippen LogP contribution in [0.15, 0.2) is 52.4 Å². The van der Waals surface area contributed by atoms with Crippen LogP contribution in [0.2, 0.25) is 0 Å². The van der Waals surface area contributed by atoms with Gasteiger partial charge in [0.1, 0.15) is 17.4 Å². The van der Waals surface area contributed by atoms with Gasteiger partial charge in [0.2, 0.25) is 0 Å². The molecular formula is C19H16ClN5O4S. The zero-order chi connectivity index (χ0) is 21.3. The molecule has 9 nitrogen and oxygen atoms in total. The predicted molar refractivity (Wildman–Crippen MR) is 112 cm³/mol. The lowest BCUT2D eigenvalue weighted by Gasteiger charge is -2.11. The molecule has 2 N–H and O–H groups in total. The zero-order valence-electron chi connectivity index (χ0n) is 15.7. The van der Waals surface area contributed by atoms with E-state index < -0.39 is 14.6 Å². The number of aromatic amines is 2. The molecule has 3 aromatic heterocycles. The zero-order valence-corrected chi connectivity index (χ0v) is 17.3. The maximum absolute atomic E-state index is 12.6. The average Bonchev–Trinajstić information content (AvgIpc) is 3.17. The number of pyridine rings is 1. The van der Waals surface area contributed by atoms with E-state index in [9.17, 15) is 13.2 Å². The van der Waals surface area contributed by atoms with Crippen molar-refractivity contribution in [3.8, 4) is 28.5 Å². The van der Waals surface area contributed by atoms with Crippen LogP contribution in [-0.2, 0) is 9.05 Å². The van der Waals surface area contributed by atoms with Gasteiger partial charge in [-0.15, -0.1) is 0 Å². The van der Waals surface area contributed by atoms with E-state index in [4.69, 9.17) is 15.4 Å². The second-order valence-corrected chi connectivity index (χ2v) is 8.95. The van der Waals surface area contributed by atoms with Gasteiger partial charge in [-0.25, -0.2) is 18.4 Å². The Labute approximate surface area is 175 Å². The van der Waals surface area contributed by atoms with E-state index in [1.807, 2.05) is 6.92 Å². The molecule has 4 rings (SSSR count). The van der Waals surface area contributed by atoms with Crippen molar-refractivity contribution in [3.63, 3.8) is 0 Å². The maximum atomic E-state index is 12.6. The summed E-state index contributed by atoms with van der Waals surface area (Å²) >= 11 is 0. The molecule has 0 spiro atoms.